The number of Topliss-reactive ketones (excluding diaryl/α,β-unsaturated/α-hetero) is 1. The molecule has 3 rings (SSSR count). The summed E-state index contributed by atoms with van der Waals surface area (Å²) in [7, 11) is 3.01. The highest BCUT2D eigenvalue weighted by molar-refractivity contribution is 6.46. The number of aliphatic hydroxyl groups is 2. The van der Waals surface area contributed by atoms with Crippen LogP contribution in [0.2, 0.25) is 0 Å². The van der Waals surface area contributed by atoms with Gasteiger partial charge in [-0.2, -0.15) is 0 Å². The summed E-state index contributed by atoms with van der Waals surface area (Å²) in [6, 6.07) is 12.9. The average molecular weight is 397 g/mol. The molecule has 0 saturated carbocycles. The van der Waals surface area contributed by atoms with Crippen LogP contribution in [-0.4, -0.2) is 54.2 Å². The van der Waals surface area contributed by atoms with Crippen LogP contribution in [0.1, 0.15) is 23.6 Å². The van der Waals surface area contributed by atoms with Crippen molar-refractivity contribution >= 4 is 17.4 Å². The van der Waals surface area contributed by atoms with Gasteiger partial charge in [-0.3, -0.25) is 9.59 Å². The van der Waals surface area contributed by atoms with Crippen LogP contribution in [0.4, 0.5) is 0 Å². The van der Waals surface area contributed by atoms with Gasteiger partial charge >= 0.3 is 0 Å². The topological polar surface area (TPSA) is 96.3 Å². The molecule has 0 spiro atoms. The van der Waals surface area contributed by atoms with E-state index < -0.39 is 17.7 Å². The van der Waals surface area contributed by atoms with Gasteiger partial charge in [0.05, 0.1) is 25.8 Å². The molecule has 1 saturated heterocycles. The fraction of sp³-hybridized carbons (Fsp3) is 0.273. The van der Waals surface area contributed by atoms with Gasteiger partial charge in [0.15, 0.2) is 11.5 Å². The molecule has 1 fully saturated rings. The van der Waals surface area contributed by atoms with Gasteiger partial charge in [-0.25, -0.2) is 0 Å². The van der Waals surface area contributed by atoms with Gasteiger partial charge in [-0.05, 0) is 24.1 Å². The Bertz CT molecular complexity index is 938. The third-order valence-corrected chi connectivity index (χ3v) is 4.87. The van der Waals surface area contributed by atoms with E-state index in [1.807, 2.05) is 0 Å². The smallest absolute Gasteiger partial charge is 0.295 e. The molecular formula is C22H23NO6. The summed E-state index contributed by atoms with van der Waals surface area (Å²) in [6.45, 7) is 0.0476. The molecule has 152 valence electrons. The maximum absolute atomic E-state index is 12.8. The van der Waals surface area contributed by atoms with Crippen LogP contribution < -0.4 is 9.47 Å². The Kier molecular flexibility index (Phi) is 6.19. The molecule has 29 heavy (non-hydrogen) atoms. The Balaban J connectivity index is 2.18. The Hall–Kier alpha value is -3.32. The number of nitrogens with zero attached hydrogens (tertiary/aromatic N) is 1. The Morgan fingerprint density at radius 1 is 1.03 bits per heavy atom. The summed E-state index contributed by atoms with van der Waals surface area (Å²) in [6.07, 6.45) is 0.308. The van der Waals surface area contributed by atoms with Crippen LogP contribution in [-0.2, 0) is 9.59 Å². The number of benzene rings is 2. The number of rotatable bonds is 7. The average Bonchev–Trinajstić information content (AvgIpc) is 3.01. The Morgan fingerprint density at radius 2 is 1.72 bits per heavy atom. The maximum atomic E-state index is 12.8. The normalized spacial score (nSPS) is 18.2. The summed E-state index contributed by atoms with van der Waals surface area (Å²) in [5, 5.41) is 20.1. The second kappa shape index (κ2) is 8.79. The molecule has 1 aliphatic rings. The molecule has 0 aliphatic carbocycles. The van der Waals surface area contributed by atoms with Crippen LogP contribution in [0, 0.1) is 0 Å². The fourth-order valence-electron chi connectivity index (χ4n) is 3.47. The Morgan fingerprint density at radius 3 is 2.34 bits per heavy atom. The number of methoxy groups -OCH3 is 2. The van der Waals surface area contributed by atoms with Crippen LogP contribution in [0.15, 0.2) is 54.1 Å². The number of ketones is 1. The molecule has 1 amide bonds. The predicted molar refractivity (Wildman–Crippen MR) is 107 cm³/mol. The van der Waals surface area contributed by atoms with E-state index in [1.54, 1.807) is 48.5 Å². The highest BCUT2D eigenvalue weighted by Crippen LogP contribution is 2.41. The second-order valence-electron chi connectivity index (χ2n) is 6.55. The van der Waals surface area contributed by atoms with E-state index in [-0.39, 0.29) is 24.5 Å². The van der Waals surface area contributed by atoms with Gasteiger partial charge < -0.3 is 24.6 Å². The zero-order valence-electron chi connectivity index (χ0n) is 16.3. The van der Waals surface area contributed by atoms with Crippen molar-refractivity contribution in [3.63, 3.8) is 0 Å². The first-order chi connectivity index (χ1) is 14.0. The van der Waals surface area contributed by atoms with Crippen molar-refractivity contribution in [1.82, 2.24) is 4.90 Å². The van der Waals surface area contributed by atoms with Gasteiger partial charge in [0.25, 0.3) is 11.7 Å². The lowest BCUT2D eigenvalue weighted by Gasteiger charge is -2.25. The number of carbonyl (C=O) groups excluding carboxylic acids is 2. The lowest BCUT2D eigenvalue weighted by atomic mass is 9.95. The van der Waals surface area contributed by atoms with Crippen molar-refractivity contribution in [3.05, 3.63) is 65.2 Å². The van der Waals surface area contributed by atoms with E-state index in [0.717, 1.165) is 0 Å². The second-order valence-corrected chi connectivity index (χ2v) is 6.55. The van der Waals surface area contributed by atoms with E-state index in [2.05, 4.69) is 0 Å². The lowest BCUT2D eigenvalue weighted by Crippen LogP contribution is -2.31. The molecule has 7 nitrogen and oxygen atoms in total. The van der Waals surface area contributed by atoms with Gasteiger partial charge in [0.2, 0.25) is 0 Å². The standard InChI is InChI=1S/C22H23NO6/c1-28-16-10-9-15(13-17(16)29-2)19-18(20(25)14-7-4-3-5-8-14)21(26)22(27)23(19)11-6-12-24/h3-5,7-10,13,19,24-25H,6,11-12H2,1-2H3/b20-18+/t19-/m0/s1. The van der Waals surface area contributed by atoms with Crippen molar-refractivity contribution in [2.75, 3.05) is 27.4 Å². The zero-order valence-corrected chi connectivity index (χ0v) is 16.3. The third kappa shape index (κ3) is 3.82. The van der Waals surface area contributed by atoms with E-state index in [9.17, 15) is 19.8 Å². The maximum Gasteiger partial charge on any atom is 0.295 e. The van der Waals surface area contributed by atoms with Crippen LogP contribution in [0.25, 0.3) is 5.76 Å². The summed E-state index contributed by atoms with van der Waals surface area (Å²) in [5.74, 6) is -0.765. The van der Waals surface area contributed by atoms with Gasteiger partial charge in [0, 0.05) is 18.7 Å². The number of amides is 1. The number of hydrogen-bond acceptors (Lipinski definition) is 6. The lowest BCUT2D eigenvalue weighted by molar-refractivity contribution is -0.140. The molecule has 7 heteroatoms. The van der Waals surface area contributed by atoms with Crippen LogP contribution in [0.5, 0.6) is 11.5 Å². The van der Waals surface area contributed by atoms with E-state index in [1.165, 1.54) is 19.1 Å². The van der Waals surface area contributed by atoms with Crippen molar-refractivity contribution in [3.8, 4) is 11.5 Å². The van der Waals surface area contributed by atoms with E-state index in [4.69, 9.17) is 9.47 Å². The number of carbonyl (C=O) groups is 2. The zero-order chi connectivity index (χ0) is 21.0. The summed E-state index contributed by atoms with van der Waals surface area (Å²) in [5.41, 5.74) is 1.04. The first kappa shape index (κ1) is 20.4. The summed E-state index contributed by atoms with van der Waals surface area (Å²) in [4.78, 5) is 26.9. The fourth-order valence-corrected chi connectivity index (χ4v) is 3.47. The summed E-state index contributed by atoms with van der Waals surface area (Å²) < 4.78 is 10.6. The van der Waals surface area contributed by atoms with Crippen LogP contribution in [0.3, 0.4) is 0 Å². The van der Waals surface area contributed by atoms with Crippen LogP contribution >= 0.6 is 0 Å². The Labute approximate surface area is 168 Å². The minimum Gasteiger partial charge on any atom is -0.507 e. The molecule has 2 N–H and O–H groups in total. The highest BCUT2D eigenvalue weighted by Gasteiger charge is 2.46. The predicted octanol–water partition coefficient (Wildman–Crippen LogP) is 2.51. The molecule has 0 aromatic heterocycles. The first-order valence-electron chi connectivity index (χ1n) is 9.20. The molecule has 2 aromatic rings. The first-order valence-corrected chi connectivity index (χ1v) is 9.20. The minimum atomic E-state index is -0.804. The summed E-state index contributed by atoms with van der Waals surface area (Å²) >= 11 is 0. The van der Waals surface area contributed by atoms with E-state index >= 15 is 0 Å². The van der Waals surface area contributed by atoms with Gasteiger partial charge in [0.1, 0.15) is 5.76 Å². The molecule has 1 aliphatic heterocycles. The minimum absolute atomic E-state index is 0.00589. The number of likely N-dealkylation sites (tertiary alicyclic amines) is 1. The SMILES string of the molecule is COc1ccc([C@H]2/C(=C(\O)c3ccccc3)C(=O)C(=O)N2CCCO)cc1OC. The monoisotopic (exact) mass is 397 g/mol. The molecule has 1 heterocycles. The van der Waals surface area contributed by atoms with Crippen molar-refractivity contribution in [2.45, 2.75) is 12.5 Å². The molecule has 0 bridgehead atoms. The van der Waals surface area contributed by atoms with Gasteiger partial charge in [-0.1, -0.05) is 36.4 Å². The number of hydrogen-bond donors (Lipinski definition) is 2. The number of ether oxygens (including phenoxy) is 2. The van der Waals surface area contributed by atoms with E-state index in [0.29, 0.717) is 29.0 Å². The quantitative estimate of drug-likeness (QED) is 0.423. The highest BCUT2D eigenvalue weighted by atomic mass is 16.5. The van der Waals surface area contributed by atoms with Crippen molar-refractivity contribution < 1.29 is 29.3 Å². The molecular weight excluding hydrogens is 374 g/mol. The van der Waals surface area contributed by atoms with Crippen molar-refractivity contribution in [1.29, 1.82) is 0 Å². The van der Waals surface area contributed by atoms with Gasteiger partial charge in [-0.15, -0.1) is 0 Å². The molecule has 0 radical (unpaired) electrons. The molecule has 1 atom stereocenters. The van der Waals surface area contributed by atoms with Crippen molar-refractivity contribution in [2.24, 2.45) is 0 Å². The largest absolute Gasteiger partial charge is 0.507 e. The number of aliphatic hydroxyl groups excluding tert-OH is 2. The molecule has 0 unspecified atom stereocenters. The third-order valence-electron chi connectivity index (χ3n) is 4.87. The molecule has 2 aromatic carbocycles.